The molecule has 0 spiro atoms. The fraction of sp³-hybridized carbons (Fsp3) is 0.500. The normalized spacial score (nSPS) is 10.5. The van der Waals surface area contributed by atoms with Crippen molar-refractivity contribution in [3.8, 4) is 5.75 Å². The van der Waals surface area contributed by atoms with Gasteiger partial charge in [0.25, 0.3) is 0 Å². The zero-order chi connectivity index (χ0) is 16.7. The van der Waals surface area contributed by atoms with Crippen LogP contribution in [0.1, 0.15) is 5.56 Å². The van der Waals surface area contributed by atoms with Crippen LogP contribution >= 0.6 is 0 Å². The number of likely N-dealkylation sites (N-methyl/N-ethyl adjacent to an activating group) is 3. The van der Waals surface area contributed by atoms with Crippen LogP contribution in [0.2, 0.25) is 0 Å². The molecule has 6 heteroatoms. The van der Waals surface area contributed by atoms with E-state index in [0.717, 1.165) is 11.3 Å². The van der Waals surface area contributed by atoms with Crippen LogP contribution in [0.3, 0.4) is 0 Å². The Morgan fingerprint density at radius 1 is 1.00 bits per heavy atom. The summed E-state index contributed by atoms with van der Waals surface area (Å²) in [6.45, 7) is 0.894. The topological polar surface area (TPSA) is 53.1 Å². The fourth-order valence-electron chi connectivity index (χ4n) is 1.96. The maximum Gasteiger partial charge on any atom is 0.236 e. The molecule has 0 bridgehead atoms. The molecule has 22 heavy (non-hydrogen) atoms. The maximum absolute atomic E-state index is 12.2. The van der Waals surface area contributed by atoms with Gasteiger partial charge in [-0.3, -0.25) is 14.5 Å². The van der Waals surface area contributed by atoms with E-state index in [9.17, 15) is 9.59 Å². The number of para-hydroxylation sites is 1. The van der Waals surface area contributed by atoms with Gasteiger partial charge >= 0.3 is 0 Å². The van der Waals surface area contributed by atoms with E-state index in [0.29, 0.717) is 6.54 Å². The van der Waals surface area contributed by atoms with Gasteiger partial charge < -0.3 is 14.5 Å². The number of methoxy groups -OCH3 is 1. The van der Waals surface area contributed by atoms with Crippen LogP contribution in [0.15, 0.2) is 24.3 Å². The molecule has 0 heterocycles. The van der Waals surface area contributed by atoms with E-state index < -0.39 is 0 Å². The number of nitrogens with zero attached hydrogens (tertiary/aromatic N) is 3. The van der Waals surface area contributed by atoms with Gasteiger partial charge in [-0.2, -0.15) is 0 Å². The van der Waals surface area contributed by atoms with Gasteiger partial charge in [0, 0.05) is 33.3 Å². The summed E-state index contributed by atoms with van der Waals surface area (Å²) in [5.74, 6) is 0.695. The summed E-state index contributed by atoms with van der Waals surface area (Å²) in [5, 5.41) is 0. The highest BCUT2D eigenvalue weighted by molar-refractivity contribution is 5.80. The summed E-state index contributed by atoms with van der Waals surface area (Å²) in [6, 6.07) is 7.61. The summed E-state index contributed by atoms with van der Waals surface area (Å²) in [5.41, 5.74) is 0.952. The molecule has 0 unspecified atom stereocenters. The Morgan fingerprint density at radius 2 is 1.59 bits per heavy atom. The van der Waals surface area contributed by atoms with Gasteiger partial charge in [0.05, 0.1) is 20.2 Å². The number of hydrogen-bond acceptors (Lipinski definition) is 4. The molecular weight excluding hydrogens is 282 g/mol. The first-order valence-electron chi connectivity index (χ1n) is 7.09. The van der Waals surface area contributed by atoms with Crippen LogP contribution in [0, 0.1) is 0 Å². The predicted octanol–water partition coefficient (Wildman–Crippen LogP) is 0.674. The number of carbonyl (C=O) groups excluding carboxylic acids is 2. The fourth-order valence-corrected chi connectivity index (χ4v) is 1.96. The van der Waals surface area contributed by atoms with E-state index in [4.69, 9.17) is 4.74 Å². The Bertz CT molecular complexity index is 517. The van der Waals surface area contributed by atoms with Crippen molar-refractivity contribution in [2.75, 3.05) is 48.4 Å². The van der Waals surface area contributed by atoms with Gasteiger partial charge in [0.1, 0.15) is 5.75 Å². The number of rotatable bonds is 7. The summed E-state index contributed by atoms with van der Waals surface area (Å²) in [4.78, 5) is 28.7. The van der Waals surface area contributed by atoms with E-state index >= 15 is 0 Å². The standard InChI is InChI=1S/C16H25N3O3/c1-17(2)15(20)11-18(3)12-16(21)19(4)10-13-8-6-7-9-14(13)22-5/h6-9H,10-12H2,1-5H3. The molecule has 0 N–H and O–H groups in total. The Hall–Kier alpha value is -2.08. The SMILES string of the molecule is COc1ccccc1CN(C)C(=O)CN(C)CC(=O)N(C)C. The van der Waals surface area contributed by atoms with Crippen LogP contribution in [-0.2, 0) is 16.1 Å². The van der Waals surface area contributed by atoms with E-state index in [1.807, 2.05) is 24.3 Å². The summed E-state index contributed by atoms with van der Waals surface area (Å²) < 4.78 is 5.29. The Labute approximate surface area is 132 Å². The third-order valence-corrected chi connectivity index (χ3v) is 3.33. The van der Waals surface area contributed by atoms with Crippen molar-refractivity contribution in [1.29, 1.82) is 0 Å². The van der Waals surface area contributed by atoms with E-state index in [1.165, 1.54) is 4.90 Å². The molecule has 0 aliphatic carbocycles. The van der Waals surface area contributed by atoms with Crippen LogP contribution in [0.4, 0.5) is 0 Å². The molecule has 0 aliphatic rings. The smallest absolute Gasteiger partial charge is 0.236 e. The molecule has 0 saturated heterocycles. The summed E-state index contributed by atoms with van der Waals surface area (Å²) in [7, 11) is 8.52. The maximum atomic E-state index is 12.2. The van der Waals surface area contributed by atoms with Gasteiger partial charge in [-0.1, -0.05) is 18.2 Å². The lowest BCUT2D eigenvalue weighted by Gasteiger charge is -2.23. The van der Waals surface area contributed by atoms with Crippen LogP contribution in [0.25, 0.3) is 0 Å². The average Bonchev–Trinajstić information content (AvgIpc) is 2.47. The minimum atomic E-state index is -0.0417. The van der Waals surface area contributed by atoms with Crippen molar-refractivity contribution in [3.63, 3.8) is 0 Å². The second kappa shape index (κ2) is 8.38. The number of ether oxygens (including phenoxy) is 1. The van der Waals surface area contributed by atoms with Gasteiger partial charge in [-0.25, -0.2) is 0 Å². The minimum Gasteiger partial charge on any atom is -0.496 e. The number of amides is 2. The van der Waals surface area contributed by atoms with Crippen molar-refractivity contribution >= 4 is 11.8 Å². The molecule has 0 radical (unpaired) electrons. The Kier molecular flexibility index (Phi) is 6.85. The van der Waals surface area contributed by atoms with Gasteiger partial charge in [0.15, 0.2) is 0 Å². The molecule has 122 valence electrons. The molecule has 0 saturated carbocycles. The number of carbonyl (C=O) groups is 2. The highest BCUT2D eigenvalue weighted by Crippen LogP contribution is 2.18. The first kappa shape index (κ1) is 18.0. The van der Waals surface area contributed by atoms with Crippen molar-refractivity contribution in [1.82, 2.24) is 14.7 Å². The van der Waals surface area contributed by atoms with E-state index in [-0.39, 0.29) is 24.9 Å². The third kappa shape index (κ3) is 5.37. The molecule has 0 fully saturated rings. The number of hydrogen-bond donors (Lipinski definition) is 0. The van der Waals surface area contributed by atoms with Gasteiger partial charge in [-0.05, 0) is 13.1 Å². The van der Waals surface area contributed by atoms with Gasteiger partial charge in [0.2, 0.25) is 11.8 Å². The molecule has 0 aliphatic heterocycles. The Morgan fingerprint density at radius 3 is 2.18 bits per heavy atom. The number of benzene rings is 1. The Balaban J connectivity index is 2.56. The van der Waals surface area contributed by atoms with Crippen molar-refractivity contribution < 1.29 is 14.3 Å². The predicted molar refractivity (Wildman–Crippen MR) is 85.7 cm³/mol. The molecule has 1 aromatic carbocycles. The monoisotopic (exact) mass is 307 g/mol. The van der Waals surface area contributed by atoms with E-state index in [2.05, 4.69) is 0 Å². The highest BCUT2D eigenvalue weighted by atomic mass is 16.5. The summed E-state index contributed by atoms with van der Waals surface area (Å²) >= 11 is 0. The lowest BCUT2D eigenvalue weighted by Crippen LogP contribution is -2.41. The second-order valence-corrected chi connectivity index (χ2v) is 5.52. The lowest BCUT2D eigenvalue weighted by molar-refractivity contribution is -0.133. The molecule has 0 atom stereocenters. The molecule has 1 rings (SSSR count). The zero-order valence-electron chi connectivity index (χ0n) is 14.0. The van der Waals surface area contributed by atoms with Crippen molar-refractivity contribution in [2.45, 2.75) is 6.54 Å². The first-order valence-corrected chi connectivity index (χ1v) is 7.09. The minimum absolute atomic E-state index is 0.0253. The largest absolute Gasteiger partial charge is 0.496 e. The summed E-state index contributed by atoms with van der Waals surface area (Å²) in [6.07, 6.45) is 0. The van der Waals surface area contributed by atoms with Crippen molar-refractivity contribution in [2.24, 2.45) is 0 Å². The van der Waals surface area contributed by atoms with Crippen molar-refractivity contribution in [3.05, 3.63) is 29.8 Å². The molecule has 2 amide bonds. The quantitative estimate of drug-likeness (QED) is 0.743. The third-order valence-electron chi connectivity index (χ3n) is 3.33. The highest BCUT2D eigenvalue weighted by Gasteiger charge is 2.16. The molecule has 1 aromatic rings. The van der Waals surface area contributed by atoms with Crippen LogP contribution < -0.4 is 4.74 Å². The van der Waals surface area contributed by atoms with Crippen LogP contribution in [-0.4, -0.2) is 74.9 Å². The second-order valence-electron chi connectivity index (χ2n) is 5.52. The van der Waals surface area contributed by atoms with E-state index in [1.54, 1.807) is 45.1 Å². The molecular formula is C16H25N3O3. The molecule has 0 aromatic heterocycles. The lowest BCUT2D eigenvalue weighted by atomic mass is 10.2. The molecule has 6 nitrogen and oxygen atoms in total. The van der Waals surface area contributed by atoms with Crippen LogP contribution in [0.5, 0.6) is 5.75 Å². The van der Waals surface area contributed by atoms with Gasteiger partial charge in [-0.15, -0.1) is 0 Å². The first-order chi connectivity index (χ1) is 10.3. The zero-order valence-corrected chi connectivity index (χ0v) is 14.0. The average molecular weight is 307 g/mol.